The third-order valence-corrected chi connectivity index (χ3v) is 6.07. The molecule has 8 nitrogen and oxygen atoms in total. The van der Waals surface area contributed by atoms with E-state index in [-0.39, 0.29) is 5.69 Å². The number of fused-ring (bicyclic) bond motifs is 2. The Balaban J connectivity index is 1.74. The lowest BCUT2D eigenvalue weighted by Gasteiger charge is -2.22. The molecule has 4 rings (SSSR count). The number of methoxy groups -OCH3 is 1. The number of nitrogens with one attached hydrogen (secondary N) is 1. The number of hydrogen-bond donors (Lipinski definition) is 2. The summed E-state index contributed by atoms with van der Waals surface area (Å²) in [6, 6.07) is 17.9. The number of aromatic nitrogens is 1. The fourth-order valence-corrected chi connectivity index (χ4v) is 4.05. The SMILES string of the molecule is CCN(CC)CC(O)c1ccc(Nc2c3ccc([N+](=O)[O-])cc3nc3ccc(OC)cc23)cc1. The van der Waals surface area contributed by atoms with Crippen LogP contribution in [0.5, 0.6) is 5.75 Å². The summed E-state index contributed by atoms with van der Waals surface area (Å²) in [6.07, 6.45) is -0.568. The average molecular weight is 461 g/mol. The fraction of sp³-hybridized carbons (Fsp3) is 0.269. The van der Waals surface area contributed by atoms with E-state index in [1.165, 1.54) is 12.1 Å². The molecule has 0 spiro atoms. The first kappa shape index (κ1) is 23.4. The molecule has 0 saturated carbocycles. The van der Waals surface area contributed by atoms with E-state index in [4.69, 9.17) is 4.74 Å². The Bertz CT molecular complexity index is 1320. The quantitative estimate of drug-likeness (QED) is 0.195. The summed E-state index contributed by atoms with van der Waals surface area (Å²) in [5, 5.41) is 26.9. The van der Waals surface area contributed by atoms with Crippen LogP contribution in [0.3, 0.4) is 0 Å². The van der Waals surface area contributed by atoms with Crippen LogP contribution in [0.4, 0.5) is 17.1 Å². The Labute approximate surface area is 197 Å². The molecular weight excluding hydrogens is 432 g/mol. The van der Waals surface area contributed by atoms with Crippen LogP contribution < -0.4 is 10.1 Å². The highest BCUT2D eigenvalue weighted by Gasteiger charge is 2.15. The van der Waals surface area contributed by atoms with E-state index in [1.54, 1.807) is 13.2 Å². The molecule has 0 bridgehead atoms. The predicted molar refractivity (Wildman–Crippen MR) is 135 cm³/mol. The van der Waals surface area contributed by atoms with Gasteiger partial charge in [-0.05, 0) is 55.1 Å². The number of nitro groups is 1. The predicted octanol–water partition coefficient (Wildman–Crippen LogP) is 5.42. The van der Waals surface area contributed by atoms with Crippen molar-refractivity contribution in [1.82, 2.24) is 9.88 Å². The zero-order valence-electron chi connectivity index (χ0n) is 19.5. The van der Waals surface area contributed by atoms with Gasteiger partial charge in [-0.3, -0.25) is 10.1 Å². The van der Waals surface area contributed by atoms with E-state index < -0.39 is 11.0 Å². The van der Waals surface area contributed by atoms with Gasteiger partial charge in [0, 0.05) is 35.1 Å². The summed E-state index contributed by atoms with van der Waals surface area (Å²) in [6.45, 7) is 6.51. The van der Waals surface area contributed by atoms with Gasteiger partial charge in [-0.2, -0.15) is 0 Å². The highest BCUT2D eigenvalue weighted by Crippen LogP contribution is 2.36. The van der Waals surface area contributed by atoms with Crippen molar-refractivity contribution in [2.24, 2.45) is 0 Å². The molecular formula is C26H28N4O4. The van der Waals surface area contributed by atoms with E-state index in [0.29, 0.717) is 23.3 Å². The lowest BCUT2D eigenvalue weighted by molar-refractivity contribution is -0.384. The normalized spacial score (nSPS) is 12.3. The van der Waals surface area contributed by atoms with Crippen molar-refractivity contribution in [3.8, 4) is 5.75 Å². The van der Waals surface area contributed by atoms with Crippen LogP contribution in [0.25, 0.3) is 21.8 Å². The van der Waals surface area contributed by atoms with E-state index in [9.17, 15) is 15.2 Å². The molecule has 0 aliphatic rings. The first-order chi connectivity index (χ1) is 16.4. The number of non-ortho nitro benzene ring substituents is 1. The number of rotatable bonds is 9. The van der Waals surface area contributed by atoms with Crippen LogP contribution in [0.1, 0.15) is 25.5 Å². The lowest BCUT2D eigenvalue weighted by atomic mass is 10.1. The largest absolute Gasteiger partial charge is 0.497 e. The molecule has 1 aromatic heterocycles. The zero-order valence-corrected chi connectivity index (χ0v) is 19.5. The number of nitro benzene ring substituents is 1. The van der Waals surface area contributed by atoms with Crippen LogP contribution in [-0.4, -0.2) is 46.7 Å². The van der Waals surface area contributed by atoms with Crippen molar-refractivity contribution in [1.29, 1.82) is 0 Å². The third kappa shape index (κ3) is 4.78. The minimum absolute atomic E-state index is 0.00893. The lowest BCUT2D eigenvalue weighted by Crippen LogP contribution is -2.28. The van der Waals surface area contributed by atoms with Crippen molar-refractivity contribution in [2.45, 2.75) is 20.0 Å². The van der Waals surface area contributed by atoms with Crippen LogP contribution in [0, 0.1) is 10.1 Å². The molecule has 1 heterocycles. The van der Waals surface area contributed by atoms with Gasteiger partial charge in [0.25, 0.3) is 5.69 Å². The smallest absolute Gasteiger partial charge is 0.271 e. The highest BCUT2D eigenvalue weighted by molar-refractivity contribution is 6.09. The monoisotopic (exact) mass is 460 g/mol. The Kier molecular flexibility index (Phi) is 6.90. The van der Waals surface area contributed by atoms with Gasteiger partial charge in [-0.1, -0.05) is 26.0 Å². The first-order valence-electron chi connectivity index (χ1n) is 11.3. The number of aliphatic hydroxyl groups excluding tert-OH is 1. The molecule has 0 radical (unpaired) electrons. The average Bonchev–Trinajstić information content (AvgIpc) is 2.86. The molecule has 176 valence electrons. The van der Waals surface area contributed by atoms with Gasteiger partial charge in [0.15, 0.2) is 0 Å². The maximum absolute atomic E-state index is 11.3. The summed E-state index contributed by atoms with van der Waals surface area (Å²) in [5.74, 6) is 0.688. The maximum atomic E-state index is 11.3. The number of benzene rings is 3. The van der Waals surface area contributed by atoms with E-state index in [1.807, 2.05) is 42.5 Å². The van der Waals surface area contributed by atoms with E-state index in [2.05, 4.69) is 29.0 Å². The van der Waals surface area contributed by atoms with Gasteiger partial charge in [0.1, 0.15) is 5.75 Å². The van der Waals surface area contributed by atoms with Gasteiger partial charge in [0.05, 0.1) is 34.9 Å². The maximum Gasteiger partial charge on any atom is 0.271 e. The molecule has 8 heteroatoms. The van der Waals surface area contributed by atoms with Crippen molar-refractivity contribution in [2.75, 3.05) is 32.1 Å². The molecule has 0 saturated heterocycles. The molecule has 1 atom stereocenters. The Morgan fingerprint density at radius 2 is 1.76 bits per heavy atom. The van der Waals surface area contributed by atoms with Crippen molar-refractivity contribution >= 4 is 38.9 Å². The van der Waals surface area contributed by atoms with Gasteiger partial charge in [0.2, 0.25) is 0 Å². The van der Waals surface area contributed by atoms with Crippen molar-refractivity contribution in [3.05, 3.63) is 76.3 Å². The fourth-order valence-electron chi connectivity index (χ4n) is 4.05. The van der Waals surface area contributed by atoms with Gasteiger partial charge >= 0.3 is 0 Å². The minimum atomic E-state index is -0.568. The number of anilines is 2. The van der Waals surface area contributed by atoms with Crippen molar-refractivity contribution < 1.29 is 14.8 Å². The minimum Gasteiger partial charge on any atom is -0.497 e. The molecule has 2 N–H and O–H groups in total. The molecule has 0 aliphatic carbocycles. The summed E-state index contributed by atoms with van der Waals surface area (Å²) in [7, 11) is 1.61. The number of likely N-dealkylation sites (N-methyl/N-ethyl adjacent to an activating group) is 1. The van der Waals surface area contributed by atoms with Gasteiger partial charge < -0.3 is 20.1 Å². The van der Waals surface area contributed by atoms with Gasteiger partial charge in [-0.25, -0.2) is 4.98 Å². The van der Waals surface area contributed by atoms with Crippen LogP contribution in [0.2, 0.25) is 0 Å². The Morgan fingerprint density at radius 1 is 1.03 bits per heavy atom. The third-order valence-electron chi connectivity index (χ3n) is 6.07. The van der Waals surface area contributed by atoms with E-state index in [0.717, 1.165) is 40.8 Å². The second-order valence-electron chi connectivity index (χ2n) is 8.08. The molecule has 1 unspecified atom stereocenters. The number of pyridine rings is 1. The highest BCUT2D eigenvalue weighted by atomic mass is 16.6. The molecule has 34 heavy (non-hydrogen) atoms. The summed E-state index contributed by atoms with van der Waals surface area (Å²) < 4.78 is 5.41. The molecule has 0 aliphatic heterocycles. The first-order valence-corrected chi connectivity index (χ1v) is 11.3. The summed E-state index contributed by atoms with van der Waals surface area (Å²) in [4.78, 5) is 17.7. The summed E-state index contributed by atoms with van der Waals surface area (Å²) in [5.41, 5.74) is 3.67. The second kappa shape index (κ2) is 10.0. The van der Waals surface area contributed by atoms with Gasteiger partial charge in [-0.15, -0.1) is 0 Å². The zero-order chi connectivity index (χ0) is 24.2. The topological polar surface area (TPSA) is 101 Å². The molecule has 0 fully saturated rings. The number of ether oxygens (including phenoxy) is 1. The number of hydrogen-bond acceptors (Lipinski definition) is 7. The van der Waals surface area contributed by atoms with E-state index >= 15 is 0 Å². The Hall–Kier alpha value is -3.75. The summed E-state index contributed by atoms with van der Waals surface area (Å²) >= 11 is 0. The standard InChI is InChI=1S/C26H28N4O4/c1-4-29(5-2)16-25(31)17-6-8-18(9-7-17)27-26-21-12-10-19(30(32)33)14-24(21)28-23-13-11-20(34-3)15-22(23)26/h6-15,25,31H,4-5,16H2,1-3H3,(H,27,28). The second-order valence-corrected chi connectivity index (χ2v) is 8.08. The number of nitrogens with zero attached hydrogens (tertiary/aromatic N) is 3. The molecule has 0 amide bonds. The van der Waals surface area contributed by atoms with Crippen molar-refractivity contribution in [3.63, 3.8) is 0 Å². The van der Waals surface area contributed by atoms with Crippen LogP contribution >= 0.6 is 0 Å². The number of aliphatic hydroxyl groups is 1. The Morgan fingerprint density at radius 3 is 2.41 bits per heavy atom. The molecule has 3 aromatic carbocycles. The van der Waals surface area contributed by atoms with Crippen LogP contribution in [-0.2, 0) is 0 Å². The van der Waals surface area contributed by atoms with Crippen LogP contribution in [0.15, 0.2) is 60.7 Å². The molecule has 4 aromatic rings.